The van der Waals surface area contributed by atoms with Gasteiger partial charge in [-0.1, -0.05) is 30.4 Å². The average molecular weight is 145 g/mol. The number of fused-ring (bicyclic) bond motifs is 1. The molecule has 1 nitrogen and oxygen atoms in total. The molecule has 0 amide bonds. The van der Waals surface area contributed by atoms with Gasteiger partial charge in [-0.15, -0.1) is 0 Å². The maximum Gasteiger partial charge on any atom is 0.0721 e. The van der Waals surface area contributed by atoms with Gasteiger partial charge < -0.3 is 4.90 Å². The van der Waals surface area contributed by atoms with Gasteiger partial charge >= 0.3 is 0 Å². The fraction of sp³-hybridized carbons (Fsp3) is 0.200. The molecule has 1 unspecified atom stereocenters. The number of hydrogen-bond acceptors (Lipinski definition) is 1. The minimum atomic E-state index is 0.463. The van der Waals surface area contributed by atoms with Crippen molar-refractivity contribution in [2.24, 2.45) is 0 Å². The van der Waals surface area contributed by atoms with Gasteiger partial charge in [-0.3, -0.25) is 0 Å². The molecule has 0 N–H and O–H groups in total. The van der Waals surface area contributed by atoms with Crippen molar-refractivity contribution >= 4 is 0 Å². The highest BCUT2D eigenvalue weighted by molar-refractivity contribution is 5.40. The average Bonchev–Trinajstić information content (AvgIpc) is 2.25. The molecular weight excluding hydrogens is 134 g/mol. The third-order valence-electron chi connectivity index (χ3n) is 2.09. The topological polar surface area (TPSA) is 3.24 Å². The molecule has 2 rings (SSSR count). The van der Waals surface area contributed by atoms with Gasteiger partial charge in [0.2, 0.25) is 0 Å². The molecular formula is C10H11N. The zero-order valence-electron chi connectivity index (χ0n) is 6.57. The molecule has 1 aliphatic carbocycles. The number of hydrogen-bond donors (Lipinski definition) is 0. The van der Waals surface area contributed by atoms with Crippen molar-refractivity contribution in [2.75, 3.05) is 7.05 Å². The lowest BCUT2D eigenvalue weighted by molar-refractivity contribution is 0.450. The van der Waals surface area contributed by atoms with Crippen molar-refractivity contribution in [3.05, 3.63) is 48.2 Å². The van der Waals surface area contributed by atoms with Crippen LogP contribution in [0.1, 0.15) is 0 Å². The summed E-state index contributed by atoms with van der Waals surface area (Å²) in [6.07, 6.45) is 14.9. The fourth-order valence-electron chi connectivity index (χ4n) is 1.43. The largest absolute Gasteiger partial charge is 0.370 e. The zero-order valence-corrected chi connectivity index (χ0v) is 6.57. The third-order valence-corrected chi connectivity index (χ3v) is 2.09. The van der Waals surface area contributed by atoms with Crippen molar-refractivity contribution < 1.29 is 0 Å². The number of likely N-dealkylation sites (N-methyl/N-ethyl adjacent to an activating group) is 1. The SMILES string of the molecule is CN1C=CC2=CC=CC=CC21. The van der Waals surface area contributed by atoms with Gasteiger partial charge in [0, 0.05) is 7.05 Å². The van der Waals surface area contributed by atoms with Gasteiger partial charge in [-0.05, 0) is 17.8 Å². The van der Waals surface area contributed by atoms with E-state index in [-0.39, 0.29) is 0 Å². The van der Waals surface area contributed by atoms with Gasteiger partial charge in [-0.2, -0.15) is 0 Å². The highest BCUT2D eigenvalue weighted by Gasteiger charge is 2.17. The van der Waals surface area contributed by atoms with Crippen molar-refractivity contribution in [1.29, 1.82) is 0 Å². The van der Waals surface area contributed by atoms with E-state index in [9.17, 15) is 0 Å². The molecule has 0 saturated heterocycles. The van der Waals surface area contributed by atoms with Crippen LogP contribution in [-0.4, -0.2) is 18.0 Å². The van der Waals surface area contributed by atoms with E-state index in [1.165, 1.54) is 5.57 Å². The number of nitrogens with zero attached hydrogens (tertiary/aromatic N) is 1. The highest BCUT2D eigenvalue weighted by atomic mass is 15.1. The molecule has 56 valence electrons. The molecule has 0 spiro atoms. The summed E-state index contributed by atoms with van der Waals surface area (Å²) in [5.74, 6) is 0. The summed E-state index contributed by atoms with van der Waals surface area (Å²) in [7, 11) is 2.09. The second kappa shape index (κ2) is 2.42. The van der Waals surface area contributed by atoms with E-state index in [2.05, 4.69) is 54.6 Å². The maximum absolute atomic E-state index is 2.20. The number of allylic oxidation sites excluding steroid dienone is 4. The van der Waals surface area contributed by atoms with E-state index in [1.807, 2.05) is 0 Å². The van der Waals surface area contributed by atoms with Crippen molar-refractivity contribution in [3.63, 3.8) is 0 Å². The summed E-state index contributed by atoms with van der Waals surface area (Å²) < 4.78 is 0. The van der Waals surface area contributed by atoms with Crippen LogP contribution in [0.5, 0.6) is 0 Å². The Balaban J connectivity index is 2.36. The van der Waals surface area contributed by atoms with E-state index in [0.717, 1.165) is 0 Å². The Bertz CT molecular complexity index is 269. The highest BCUT2D eigenvalue weighted by Crippen LogP contribution is 2.21. The first kappa shape index (κ1) is 6.47. The molecule has 0 radical (unpaired) electrons. The summed E-state index contributed by atoms with van der Waals surface area (Å²) >= 11 is 0. The second-order valence-electron chi connectivity index (χ2n) is 2.86. The molecule has 11 heavy (non-hydrogen) atoms. The quantitative estimate of drug-likeness (QED) is 0.503. The van der Waals surface area contributed by atoms with Gasteiger partial charge in [-0.25, -0.2) is 0 Å². The van der Waals surface area contributed by atoms with Crippen LogP contribution in [0.2, 0.25) is 0 Å². The van der Waals surface area contributed by atoms with Crippen molar-refractivity contribution in [1.82, 2.24) is 4.90 Å². The Morgan fingerprint density at radius 1 is 1.27 bits per heavy atom. The van der Waals surface area contributed by atoms with Gasteiger partial charge in [0.25, 0.3) is 0 Å². The monoisotopic (exact) mass is 145 g/mol. The second-order valence-corrected chi connectivity index (χ2v) is 2.86. The van der Waals surface area contributed by atoms with Gasteiger partial charge in [0.15, 0.2) is 0 Å². The standard InChI is InChI=1S/C10H11N/c1-11-8-7-9-5-3-2-4-6-10(9)11/h2-8,10H,1H3. The first-order valence-corrected chi connectivity index (χ1v) is 3.83. The molecule has 1 aliphatic heterocycles. The first-order chi connectivity index (χ1) is 5.38. The van der Waals surface area contributed by atoms with E-state index in [4.69, 9.17) is 0 Å². The molecule has 1 heteroatoms. The summed E-state index contributed by atoms with van der Waals surface area (Å²) in [4.78, 5) is 2.20. The van der Waals surface area contributed by atoms with Crippen LogP contribution in [0.3, 0.4) is 0 Å². The lowest BCUT2D eigenvalue weighted by atomic mass is 10.1. The zero-order chi connectivity index (χ0) is 7.68. The van der Waals surface area contributed by atoms with Gasteiger partial charge in [0.1, 0.15) is 0 Å². The van der Waals surface area contributed by atoms with Crippen LogP contribution in [-0.2, 0) is 0 Å². The van der Waals surface area contributed by atoms with Crippen molar-refractivity contribution in [2.45, 2.75) is 6.04 Å². The maximum atomic E-state index is 2.20. The lowest BCUT2D eigenvalue weighted by Gasteiger charge is -2.17. The Morgan fingerprint density at radius 3 is 3.09 bits per heavy atom. The Labute approximate surface area is 67.0 Å². The van der Waals surface area contributed by atoms with Crippen molar-refractivity contribution in [3.8, 4) is 0 Å². The predicted octanol–water partition coefficient (Wildman–Crippen LogP) is 1.87. The first-order valence-electron chi connectivity index (χ1n) is 3.83. The molecule has 1 atom stereocenters. The third kappa shape index (κ3) is 1.03. The number of rotatable bonds is 0. The van der Waals surface area contributed by atoms with Crippen LogP contribution in [0.25, 0.3) is 0 Å². The lowest BCUT2D eigenvalue weighted by Crippen LogP contribution is -2.20. The summed E-state index contributed by atoms with van der Waals surface area (Å²) in [5, 5.41) is 0. The van der Waals surface area contributed by atoms with Crippen LogP contribution in [0, 0.1) is 0 Å². The van der Waals surface area contributed by atoms with E-state index >= 15 is 0 Å². The fourth-order valence-corrected chi connectivity index (χ4v) is 1.43. The normalized spacial score (nSPS) is 26.8. The van der Waals surface area contributed by atoms with Gasteiger partial charge in [0.05, 0.1) is 6.04 Å². The molecule has 0 bridgehead atoms. The Kier molecular flexibility index (Phi) is 1.42. The summed E-state index contributed by atoms with van der Waals surface area (Å²) in [5.41, 5.74) is 1.37. The molecule has 0 aromatic rings. The van der Waals surface area contributed by atoms with E-state index in [1.54, 1.807) is 0 Å². The van der Waals surface area contributed by atoms with Crippen LogP contribution in [0.4, 0.5) is 0 Å². The minimum absolute atomic E-state index is 0.463. The van der Waals surface area contributed by atoms with Crippen LogP contribution in [0.15, 0.2) is 48.2 Å². The van der Waals surface area contributed by atoms with Crippen LogP contribution >= 0.6 is 0 Å². The Hall–Kier alpha value is -1.24. The van der Waals surface area contributed by atoms with E-state index < -0.39 is 0 Å². The summed E-state index contributed by atoms with van der Waals surface area (Å²) in [6, 6.07) is 0.463. The smallest absolute Gasteiger partial charge is 0.0721 e. The molecule has 2 aliphatic rings. The molecule has 0 aromatic heterocycles. The Morgan fingerprint density at radius 2 is 2.18 bits per heavy atom. The molecule has 0 fully saturated rings. The predicted molar refractivity (Wildman–Crippen MR) is 47.1 cm³/mol. The summed E-state index contributed by atoms with van der Waals surface area (Å²) in [6.45, 7) is 0. The molecule has 1 heterocycles. The molecule has 0 saturated carbocycles. The minimum Gasteiger partial charge on any atom is -0.370 e. The molecule has 0 aromatic carbocycles. The van der Waals surface area contributed by atoms with Crippen LogP contribution < -0.4 is 0 Å². The van der Waals surface area contributed by atoms with E-state index in [0.29, 0.717) is 6.04 Å².